The molecule has 1 aromatic carbocycles. The van der Waals surface area contributed by atoms with Crippen LogP contribution in [-0.2, 0) is 24.3 Å². The van der Waals surface area contributed by atoms with E-state index in [2.05, 4.69) is 31.6 Å². The number of fused-ring (bicyclic) bond motifs is 2. The maximum Gasteiger partial charge on any atom is 0.393 e. The lowest BCUT2D eigenvalue weighted by atomic mass is 9.39. The third kappa shape index (κ3) is 5.70. The lowest BCUT2D eigenvalue weighted by Gasteiger charge is -2.70. The summed E-state index contributed by atoms with van der Waals surface area (Å²) in [6.45, 7) is 4.66. The van der Waals surface area contributed by atoms with Gasteiger partial charge in [-0.3, -0.25) is 9.69 Å². The molecule has 1 aliphatic heterocycles. The summed E-state index contributed by atoms with van der Waals surface area (Å²) in [7, 11) is 0. The summed E-state index contributed by atoms with van der Waals surface area (Å²) in [6.07, 6.45) is 0.982. The Morgan fingerprint density at radius 1 is 1.18 bits per heavy atom. The summed E-state index contributed by atoms with van der Waals surface area (Å²) in [5.74, 6) is 0.840. The molecule has 4 aliphatic rings. The topological polar surface area (TPSA) is 119 Å². The molecule has 4 heterocycles. The quantitative estimate of drug-likeness (QED) is 0.211. The number of carbonyl (C=O) groups excluding carboxylic acids is 1. The van der Waals surface area contributed by atoms with E-state index in [-0.39, 0.29) is 33.5 Å². The molecule has 3 saturated carbocycles. The van der Waals surface area contributed by atoms with Crippen LogP contribution in [0.15, 0.2) is 30.6 Å². The largest absolute Gasteiger partial charge is 0.508 e. The maximum absolute atomic E-state index is 12.9. The van der Waals surface area contributed by atoms with Gasteiger partial charge in [-0.1, -0.05) is 6.92 Å². The van der Waals surface area contributed by atoms with E-state index in [0.29, 0.717) is 41.2 Å². The van der Waals surface area contributed by atoms with Crippen molar-refractivity contribution in [1.29, 1.82) is 5.26 Å². The molecule has 236 valence electrons. The predicted octanol–water partition coefficient (Wildman–Crippen LogP) is 5.85. The molecule has 3 N–H and O–H groups in total. The van der Waals surface area contributed by atoms with Crippen LogP contribution in [0.25, 0.3) is 21.1 Å². The molecular formula is C32H34F3N7O2S. The number of anilines is 1. The van der Waals surface area contributed by atoms with E-state index in [1.807, 2.05) is 23.6 Å². The van der Waals surface area contributed by atoms with Gasteiger partial charge in [0.25, 0.3) is 0 Å². The van der Waals surface area contributed by atoms with Gasteiger partial charge in [-0.15, -0.1) is 11.3 Å². The molecule has 45 heavy (non-hydrogen) atoms. The van der Waals surface area contributed by atoms with E-state index in [1.165, 1.54) is 12.4 Å². The summed E-state index contributed by atoms with van der Waals surface area (Å²) >= 11 is 1.04. The Hall–Kier alpha value is -3.89. The number of carbonyl (C=O) groups is 1. The molecule has 0 unspecified atom stereocenters. The minimum absolute atomic E-state index is 0.0772. The zero-order valence-electron chi connectivity index (χ0n) is 24.9. The van der Waals surface area contributed by atoms with E-state index in [4.69, 9.17) is 0 Å². The van der Waals surface area contributed by atoms with Crippen molar-refractivity contribution in [1.82, 2.24) is 24.8 Å². The van der Waals surface area contributed by atoms with Gasteiger partial charge < -0.3 is 20.3 Å². The minimum Gasteiger partial charge on any atom is -0.508 e. The van der Waals surface area contributed by atoms with E-state index < -0.39 is 12.6 Å². The summed E-state index contributed by atoms with van der Waals surface area (Å²) in [5, 5.41) is 29.1. The van der Waals surface area contributed by atoms with Gasteiger partial charge in [-0.25, -0.2) is 9.97 Å². The number of phenolic OH excluding ortho intramolecular Hbond substituents is 1. The third-order valence-electron chi connectivity index (χ3n) is 9.65. The number of nitrogens with zero attached hydrogens (tertiary/aromatic N) is 5. The molecule has 3 aliphatic carbocycles. The Labute approximate surface area is 262 Å². The van der Waals surface area contributed by atoms with Crippen LogP contribution in [0.2, 0.25) is 0 Å². The molecule has 0 spiro atoms. The smallest absolute Gasteiger partial charge is 0.393 e. The lowest BCUT2D eigenvalue weighted by molar-refractivity contribution is -0.171. The number of halogens is 3. The number of likely N-dealkylation sites (tertiary alicyclic amines) is 1. The van der Waals surface area contributed by atoms with Gasteiger partial charge in [0, 0.05) is 66.1 Å². The van der Waals surface area contributed by atoms with Gasteiger partial charge in [0.2, 0.25) is 5.91 Å². The first kappa shape index (κ1) is 29.8. The molecule has 0 atom stereocenters. The van der Waals surface area contributed by atoms with E-state index in [1.54, 1.807) is 6.07 Å². The molecular weight excluding hydrogens is 603 g/mol. The van der Waals surface area contributed by atoms with Crippen LogP contribution in [0, 0.1) is 16.7 Å². The highest BCUT2D eigenvalue weighted by Crippen LogP contribution is 2.68. The number of phenols is 1. The van der Waals surface area contributed by atoms with Gasteiger partial charge in [0.05, 0.1) is 17.3 Å². The second kappa shape index (κ2) is 10.9. The van der Waals surface area contributed by atoms with Gasteiger partial charge in [-0.2, -0.15) is 18.4 Å². The van der Waals surface area contributed by atoms with Crippen molar-refractivity contribution in [2.75, 3.05) is 18.4 Å². The molecule has 9 nitrogen and oxygen atoms in total. The zero-order chi connectivity index (χ0) is 31.6. The number of hydrogen-bond donors (Lipinski definition) is 3. The van der Waals surface area contributed by atoms with Crippen LogP contribution in [0.4, 0.5) is 19.0 Å². The minimum atomic E-state index is -4.27. The van der Waals surface area contributed by atoms with Gasteiger partial charge >= 0.3 is 6.18 Å². The number of rotatable bonds is 9. The van der Waals surface area contributed by atoms with Gasteiger partial charge in [0.15, 0.2) is 0 Å². The molecule has 1 amide bonds. The fourth-order valence-electron chi connectivity index (χ4n) is 7.73. The van der Waals surface area contributed by atoms with Crippen LogP contribution in [-0.4, -0.2) is 61.3 Å². The molecule has 4 fully saturated rings. The Morgan fingerprint density at radius 2 is 1.93 bits per heavy atom. The number of benzene rings is 1. The molecule has 4 aromatic rings. The Balaban J connectivity index is 0.988. The summed E-state index contributed by atoms with van der Waals surface area (Å²) in [6, 6.07) is 9.61. The normalized spacial score (nSPS) is 23.4. The van der Waals surface area contributed by atoms with Crippen molar-refractivity contribution in [3.8, 4) is 11.8 Å². The molecule has 3 aromatic heterocycles. The highest BCUT2D eigenvalue weighted by molar-refractivity contribution is 7.18. The number of piperidine rings is 1. The predicted molar refractivity (Wildman–Crippen MR) is 165 cm³/mol. The van der Waals surface area contributed by atoms with Crippen molar-refractivity contribution in [3.05, 3.63) is 46.7 Å². The van der Waals surface area contributed by atoms with Crippen LogP contribution in [0.1, 0.15) is 61.6 Å². The van der Waals surface area contributed by atoms with Crippen molar-refractivity contribution in [2.45, 2.75) is 82.7 Å². The van der Waals surface area contributed by atoms with Crippen molar-refractivity contribution in [2.24, 2.45) is 5.41 Å². The Kier molecular flexibility index (Phi) is 7.20. The summed E-state index contributed by atoms with van der Waals surface area (Å²) in [5.41, 5.74) is 2.22. The van der Waals surface area contributed by atoms with Crippen LogP contribution in [0.3, 0.4) is 0 Å². The van der Waals surface area contributed by atoms with Crippen molar-refractivity contribution in [3.63, 3.8) is 0 Å². The standard InChI is InChI=1S/C32H34F3N7O2S/c1-2-27(44)40-31-14-30(15-31,16-31)17-42-22(12-36)8-19-7-20(26(43)10-25(19)42)13-41-5-3-21(4-6-41)39-28-24-9-23(11-32(33,34)35)45-29(24)38-18-37-28/h7-10,18,21,43H,2-6,11,13-17H2,1H3,(H,40,44)(H,37,38,39). The number of aromatic hydroxyl groups is 1. The number of nitrogens with one attached hydrogen (secondary N) is 2. The first-order valence-electron chi connectivity index (χ1n) is 15.3. The fourth-order valence-corrected chi connectivity index (χ4v) is 8.75. The van der Waals surface area contributed by atoms with E-state index in [9.17, 15) is 28.3 Å². The van der Waals surface area contributed by atoms with Gasteiger partial charge in [-0.05, 0) is 55.7 Å². The average Bonchev–Trinajstić information content (AvgIpc) is 3.51. The second-order valence-electron chi connectivity index (χ2n) is 13.1. The van der Waals surface area contributed by atoms with E-state index in [0.717, 1.165) is 73.0 Å². The molecule has 8 rings (SSSR count). The number of thiophene rings is 1. The molecule has 1 saturated heterocycles. The van der Waals surface area contributed by atoms with Crippen LogP contribution >= 0.6 is 11.3 Å². The molecule has 2 bridgehead atoms. The summed E-state index contributed by atoms with van der Waals surface area (Å²) in [4.78, 5) is 23.4. The first-order chi connectivity index (χ1) is 21.5. The molecule has 13 heteroatoms. The summed E-state index contributed by atoms with van der Waals surface area (Å²) < 4.78 is 40.8. The highest BCUT2D eigenvalue weighted by atomic mass is 32.1. The first-order valence-corrected chi connectivity index (χ1v) is 16.1. The number of amides is 1. The van der Waals surface area contributed by atoms with E-state index >= 15 is 0 Å². The molecule has 0 radical (unpaired) electrons. The van der Waals surface area contributed by atoms with Crippen molar-refractivity contribution >= 4 is 44.2 Å². The number of hydrogen-bond acceptors (Lipinski definition) is 8. The maximum atomic E-state index is 12.9. The number of alkyl halides is 3. The Bertz CT molecular complexity index is 1810. The third-order valence-corrected chi connectivity index (χ3v) is 10.7. The average molecular weight is 638 g/mol. The fraction of sp³-hybridized carbons (Fsp3) is 0.500. The SMILES string of the molecule is CCC(=O)NC12CC(Cn3c(C#N)cc4cc(CN5CCC(Nc6ncnc7sc(CC(F)(F)F)cc67)CC5)c(O)cc43)(C1)C2. The Morgan fingerprint density at radius 3 is 2.62 bits per heavy atom. The monoisotopic (exact) mass is 637 g/mol. The van der Waals surface area contributed by atoms with Crippen LogP contribution in [0.5, 0.6) is 5.75 Å². The van der Waals surface area contributed by atoms with Crippen LogP contribution < -0.4 is 10.6 Å². The second-order valence-corrected chi connectivity index (χ2v) is 14.2. The highest BCUT2D eigenvalue weighted by Gasteiger charge is 2.68. The van der Waals surface area contributed by atoms with Gasteiger partial charge in [0.1, 0.15) is 34.5 Å². The number of aromatic nitrogens is 3. The number of nitriles is 1. The lowest BCUT2D eigenvalue weighted by Crippen LogP contribution is -2.75. The van der Waals surface area contributed by atoms with Crippen molar-refractivity contribution < 1.29 is 23.1 Å². The zero-order valence-corrected chi connectivity index (χ0v) is 25.7.